The minimum absolute atomic E-state index is 0.103. The first-order chi connectivity index (χ1) is 12.5. The van der Waals surface area contributed by atoms with E-state index in [-0.39, 0.29) is 12.5 Å². The lowest BCUT2D eigenvalue weighted by molar-refractivity contribution is -0.123. The Labute approximate surface area is 151 Å². The molecule has 1 amide bonds. The summed E-state index contributed by atoms with van der Waals surface area (Å²) in [5, 5.41) is 3.71. The maximum absolute atomic E-state index is 12.1. The monoisotopic (exact) mass is 351 g/mol. The molecule has 0 aliphatic carbocycles. The Hall–Kier alpha value is -3.08. The molecule has 1 heterocycles. The first kappa shape index (κ1) is 17.7. The zero-order valence-corrected chi connectivity index (χ0v) is 15.1. The van der Waals surface area contributed by atoms with Crippen LogP contribution in [0.15, 0.2) is 51.7 Å². The number of ether oxygens (including phenoxy) is 1. The topological polar surface area (TPSA) is 68.5 Å². The summed E-state index contributed by atoms with van der Waals surface area (Å²) >= 11 is 0. The fraction of sp³-hybridized carbons (Fsp3) is 0.238. The van der Waals surface area contributed by atoms with E-state index in [1.807, 2.05) is 51.1 Å². The summed E-state index contributed by atoms with van der Waals surface area (Å²) in [5.41, 5.74) is 3.85. The van der Waals surface area contributed by atoms with Gasteiger partial charge in [0.25, 0.3) is 5.91 Å². The number of rotatable bonds is 5. The first-order valence-electron chi connectivity index (χ1n) is 8.44. The smallest absolute Gasteiger partial charge is 0.336 e. The van der Waals surface area contributed by atoms with Crippen molar-refractivity contribution in [2.24, 2.45) is 0 Å². The van der Waals surface area contributed by atoms with E-state index < -0.39 is 5.63 Å². The molecule has 0 unspecified atom stereocenters. The number of hydrogen-bond donors (Lipinski definition) is 1. The van der Waals surface area contributed by atoms with Gasteiger partial charge < -0.3 is 14.5 Å². The molecular formula is C21H21NO4. The van der Waals surface area contributed by atoms with Crippen LogP contribution in [0.2, 0.25) is 0 Å². The minimum atomic E-state index is -0.397. The van der Waals surface area contributed by atoms with Crippen molar-refractivity contribution in [3.05, 3.63) is 75.1 Å². The summed E-state index contributed by atoms with van der Waals surface area (Å²) in [6.07, 6.45) is 0. The second kappa shape index (κ2) is 7.44. The molecule has 3 rings (SSSR count). The summed E-state index contributed by atoms with van der Waals surface area (Å²) in [5.74, 6) is 0.315. The Morgan fingerprint density at radius 2 is 1.85 bits per heavy atom. The number of benzene rings is 2. The lowest BCUT2D eigenvalue weighted by atomic mass is 10.1. The van der Waals surface area contributed by atoms with Crippen molar-refractivity contribution < 1.29 is 13.9 Å². The van der Waals surface area contributed by atoms with Gasteiger partial charge in [0, 0.05) is 23.6 Å². The highest BCUT2D eigenvalue weighted by Crippen LogP contribution is 2.28. The fourth-order valence-corrected chi connectivity index (χ4v) is 2.85. The van der Waals surface area contributed by atoms with Crippen molar-refractivity contribution in [3.63, 3.8) is 0 Å². The second-order valence-corrected chi connectivity index (χ2v) is 6.31. The highest BCUT2D eigenvalue weighted by Gasteiger charge is 2.11. The number of carbonyl (C=O) groups is 1. The maximum atomic E-state index is 12.1. The van der Waals surface area contributed by atoms with Crippen LogP contribution in [0.5, 0.6) is 5.75 Å². The number of amides is 1. The Morgan fingerprint density at radius 1 is 1.08 bits per heavy atom. The van der Waals surface area contributed by atoms with Gasteiger partial charge >= 0.3 is 5.63 Å². The molecule has 134 valence electrons. The Balaban J connectivity index is 1.68. The number of carbonyl (C=O) groups excluding carboxylic acids is 1. The van der Waals surface area contributed by atoms with Crippen LogP contribution in [-0.4, -0.2) is 12.5 Å². The third-order valence-corrected chi connectivity index (χ3v) is 4.41. The third kappa shape index (κ3) is 3.77. The Morgan fingerprint density at radius 3 is 2.62 bits per heavy atom. The fourth-order valence-electron chi connectivity index (χ4n) is 2.85. The molecule has 0 aliphatic rings. The number of aryl methyl sites for hydroxylation is 3. The molecule has 2 aromatic carbocycles. The van der Waals surface area contributed by atoms with Crippen molar-refractivity contribution in [3.8, 4) is 5.75 Å². The van der Waals surface area contributed by atoms with E-state index in [1.54, 1.807) is 6.07 Å². The van der Waals surface area contributed by atoms with E-state index in [4.69, 9.17) is 9.15 Å². The van der Waals surface area contributed by atoms with Crippen LogP contribution in [0, 0.1) is 20.8 Å². The van der Waals surface area contributed by atoms with Gasteiger partial charge in [0.15, 0.2) is 6.61 Å². The van der Waals surface area contributed by atoms with E-state index >= 15 is 0 Å². The van der Waals surface area contributed by atoms with E-state index in [0.29, 0.717) is 23.4 Å². The summed E-state index contributed by atoms with van der Waals surface area (Å²) in [7, 11) is 0. The van der Waals surface area contributed by atoms with Crippen LogP contribution in [0.1, 0.15) is 22.3 Å². The molecule has 0 saturated heterocycles. The lowest BCUT2D eigenvalue weighted by Gasteiger charge is -2.12. The SMILES string of the molecule is Cc1ccccc1CNC(=O)COc1ccc2c(C)cc(=O)oc2c1C. The summed E-state index contributed by atoms with van der Waals surface area (Å²) in [6, 6.07) is 13.0. The van der Waals surface area contributed by atoms with Gasteiger partial charge in [-0.2, -0.15) is 0 Å². The summed E-state index contributed by atoms with van der Waals surface area (Å²) in [6.45, 7) is 6.03. The van der Waals surface area contributed by atoms with Gasteiger partial charge in [-0.1, -0.05) is 24.3 Å². The molecule has 0 atom stereocenters. The summed E-state index contributed by atoms with van der Waals surface area (Å²) in [4.78, 5) is 23.7. The molecule has 0 aliphatic heterocycles. The van der Waals surface area contributed by atoms with Gasteiger partial charge in [0.1, 0.15) is 11.3 Å². The molecule has 5 nitrogen and oxygen atoms in total. The van der Waals surface area contributed by atoms with Gasteiger partial charge in [-0.25, -0.2) is 4.79 Å². The first-order valence-corrected chi connectivity index (χ1v) is 8.44. The number of fused-ring (bicyclic) bond motifs is 1. The maximum Gasteiger partial charge on any atom is 0.336 e. The molecule has 5 heteroatoms. The van der Waals surface area contributed by atoms with Crippen LogP contribution in [0.4, 0.5) is 0 Å². The molecule has 3 aromatic rings. The van der Waals surface area contributed by atoms with Crippen molar-refractivity contribution in [2.45, 2.75) is 27.3 Å². The van der Waals surface area contributed by atoms with Crippen molar-refractivity contribution in [1.29, 1.82) is 0 Å². The average Bonchev–Trinajstić information content (AvgIpc) is 2.61. The van der Waals surface area contributed by atoms with Gasteiger partial charge in [0.05, 0.1) is 0 Å². The standard InChI is InChI=1S/C21H21NO4/c1-13-6-4-5-7-16(13)11-22-19(23)12-25-18-9-8-17-14(2)10-20(24)26-21(17)15(18)3/h4-10H,11-12H2,1-3H3,(H,22,23). The molecule has 1 aromatic heterocycles. The van der Waals surface area contributed by atoms with Gasteiger partial charge in [-0.05, 0) is 49.6 Å². The molecule has 0 spiro atoms. The molecule has 0 saturated carbocycles. The second-order valence-electron chi connectivity index (χ2n) is 6.31. The van der Waals surface area contributed by atoms with Crippen molar-refractivity contribution in [1.82, 2.24) is 5.32 Å². The van der Waals surface area contributed by atoms with Crippen LogP contribution < -0.4 is 15.7 Å². The van der Waals surface area contributed by atoms with Crippen LogP contribution >= 0.6 is 0 Å². The van der Waals surface area contributed by atoms with Gasteiger partial charge in [0.2, 0.25) is 0 Å². The molecule has 0 radical (unpaired) electrons. The zero-order valence-electron chi connectivity index (χ0n) is 15.1. The molecule has 0 fully saturated rings. The summed E-state index contributed by atoms with van der Waals surface area (Å²) < 4.78 is 10.9. The van der Waals surface area contributed by atoms with Crippen LogP contribution in [-0.2, 0) is 11.3 Å². The molecule has 1 N–H and O–H groups in total. The lowest BCUT2D eigenvalue weighted by Crippen LogP contribution is -2.28. The third-order valence-electron chi connectivity index (χ3n) is 4.41. The highest BCUT2D eigenvalue weighted by atomic mass is 16.5. The minimum Gasteiger partial charge on any atom is -0.483 e. The number of nitrogens with one attached hydrogen (secondary N) is 1. The Kier molecular flexibility index (Phi) is 5.07. The Bertz CT molecular complexity index is 1020. The van der Waals surface area contributed by atoms with E-state index in [2.05, 4.69) is 5.32 Å². The van der Waals surface area contributed by atoms with Gasteiger partial charge in [-0.15, -0.1) is 0 Å². The predicted octanol–water partition coefficient (Wildman–Crippen LogP) is 3.41. The molecule has 26 heavy (non-hydrogen) atoms. The average molecular weight is 351 g/mol. The quantitative estimate of drug-likeness (QED) is 0.715. The van der Waals surface area contributed by atoms with Crippen LogP contribution in [0.3, 0.4) is 0 Å². The molecular weight excluding hydrogens is 330 g/mol. The normalized spacial score (nSPS) is 10.7. The van der Waals surface area contributed by atoms with Crippen LogP contribution in [0.25, 0.3) is 11.0 Å². The largest absolute Gasteiger partial charge is 0.483 e. The highest BCUT2D eigenvalue weighted by molar-refractivity contribution is 5.85. The van der Waals surface area contributed by atoms with E-state index in [9.17, 15) is 9.59 Å². The van der Waals surface area contributed by atoms with Gasteiger partial charge in [-0.3, -0.25) is 4.79 Å². The predicted molar refractivity (Wildman–Crippen MR) is 100 cm³/mol. The number of hydrogen-bond acceptors (Lipinski definition) is 4. The van der Waals surface area contributed by atoms with Crippen molar-refractivity contribution in [2.75, 3.05) is 6.61 Å². The van der Waals surface area contributed by atoms with Crippen molar-refractivity contribution >= 4 is 16.9 Å². The van der Waals surface area contributed by atoms with E-state index in [1.165, 1.54) is 6.07 Å². The zero-order chi connectivity index (χ0) is 18.7. The van der Waals surface area contributed by atoms with E-state index in [0.717, 1.165) is 22.1 Å². The molecule has 0 bridgehead atoms.